The predicted octanol–water partition coefficient (Wildman–Crippen LogP) is 13.6. The molecule has 0 atom stereocenters. The van der Waals surface area contributed by atoms with Crippen molar-refractivity contribution >= 4 is 43.6 Å². The Bertz CT molecular complexity index is 3670. The fourth-order valence-electron chi connectivity index (χ4n) is 8.49. The Balaban J connectivity index is 0.919. The van der Waals surface area contributed by atoms with E-state index in [0.29, 0.717) is 45.5 Å². The normalized spacial score (nSPS) is 12.5. The molecule has 0 saturated carbocycles. The number of rotatable bonds is 8. The summed E-state index contributed by atoms with van der Waals surface area (Å²) in [6.07, 6.45) is 3.65. The van der Waals surface area contributed by atoms with Crippen LogP contribution in [0.5, 0.6) is 23.0 Å². The van der Waals surface area contributed by atoms with Gasteiger partial charge in [-0.05, 0) is 124 Å². The zero-order valence-electron chi connectivity index (χ0n) is 37.2. The molecule has 11 rings (SSSR count). The van der Waals surface area contributed by atoms with Crippen molar-refractivity contribution < 1.29 is 13.6 Å². The summed E-state index contributed by atoms with van der Waals surface area (Å²) < 4.78 is 43.1. The van der Waals surface area contributed by atoms with Crippen LogP contribution in [0.15, 0.2) is 170 Å². The molecule has 0 aliphatic heterocycles. The van der Waals surface area contributed by atoms with Crippen LogP contribution in [0.4, 0.5) is 0 Å². The lowest BCUT2D eigenvalue weighted by molar-refractivity contribution is 0.483. The van der Waals surface area contributed by atoms with Gasteiger partial charge in [-0.15, -0.1) is 0 Å². The molecule has 0 bridgehead atoms. The lowest BCUT2D eigenvalue weighted by Gasteiger charge is -2.13. The summed E-state index contributed by atoms with van der Waals surface area (Å²) in [5.74, 6) is 3.99. The molecule has 0 saturated heterocycles. The van der Waals surface area contributed by atoms with Gasteiger partial charge in [0, 0.05) is 61.3 Å². The molecule has 0 amide bonds. The maximum absolute atomic E-state index is 8.60. The van der Waals surface area contributed by atoms with Crippen molar-refractivity contribution in [2.45, 2.75) is 27.6 Å². The van der Waals surface area contributed by atoms with Crippen molar-refractivity contribution in [1.29, 1.82) is 0 Å². The molecule has 0 fully saturated rings. The maximum atomic E-state index is 8.60. The van der Waals surface area contributed by atoms with E-state index in [2.05, 4.69) is 71.5 Å². The number of para-hydroxylation sites is 2. The van der Waals surface area contributed by atoms with E-state index >= 15 is 0 Å². The summed E-state index contributed by atoms with van der Waals surface area (Å²) in [5.41, 5.74) is 8.65. The first-order chi connectivity index (χ1) is 31.6. The second kappa shape index (κ2) is 14.9. The molecule has 0 aliphatic rings. The lowest BCUT2D eigenvalue weighted by atomic mass is 10.1. The van der Waals surface area contributed by atoms with E-state index in [1.54, 1.807) is 6.07 Å². The number of pyridine rings is 2. The topological polar surface area (TPSA) is 79.9 Å². The van der Waals surface area contributed by atoms with Crippen LogP contribution in [-0.4, -0.2) is 29.1 Å². The van der Waals surface area contributed by atoms with Crippen LogP contribution in [0.3, 0.4) is 0 Å². The van der Waals surface area contributed by atoms with Crippen molar-refractivity contribution in [2.75, 3.05) is 0 Å². The standard InChI is InChI=1S/C54H40N6O2/c1-33-23-25-55-51(27-33)59-47-17-7-5-15-43(47)45-21-19-41(31-49(45)59)61-39-13-9-11-37(29-39)53-35(3)58-54(36(4)57-53)38-12-10-14-40(30-38)62-42-20-22-46-44-16-6-8-18-48(44)60(50(46)32-42)52-28-34(2)24-26-56-52/h5-32H,1-4H3/i3D3. The van der Waals surface area contributed by atoms with E-state index in [-0.39, 0.29) is 11.4 Å². The highest BCUT2D eigenvalue weighted by atomic mass is 16.5. The Morgan fingerprint density at radius 1 is 0.419 bits per heavy atom. The molecular weight excluding hydrogens is 765 g/mol. The molecule has 8 heteroatoms. The monoisotopic (exact) mass is 807 g/mol. The van der Waals surface area contributed by atoms with Crippen molar-refractivity contribution in [2.24, 2.45) is 0 Å². The number of hydrogen-bond donors (Lipinski definition) is 0. The molecule has 0 unspecified atom stereocenters. The number of aryl methyl sites for hydroxylation is 4. The van der Waals surface area contributed by atoms with Gasteiger partial charge in [-0.1, -0.05) is 60.7 Å². The van der Waals surface area contributed by atoms with Crippen LogP contribution in [0, 0.1) is 27.6 Å². The van der Waals surface area contributed by atoms with Gasteiger partial charge in [0.15, 0.2) is 0 Å². The van der Waals surface area contributed by atoms with E-state index in [1.165, 1.54) is 0 Å². The van der Waals surface area contributed by atoms with Gasteiger partial charge < -0.3 is 9.47 Å². The molecule has 0 radical (unpaired) electrons. The SMILES string of the molecule is [2H]C([2H])([2H])c1nc(-c2cccc(Oc3ccc4c5ccccc5n(-c5cc(C)ccn5)c4c3)c2)c(C)nc1-c1cccc(Oc2ccc3c4ccccc4n(-c4cc(C)ccn4)c3c2)c1. The molecule has 5 heterocycles. The predicted molar refractivity (Wildman–Crippen MR) is 249 cm³/mol. The molecule has 11 aromatic rings. The number of hydrogen-bond acceptors (Lipinski definition) is 6. The maximum Gasteiger partial charge on any atom is 0.137 e. The molecule has 298 valence electrons. The molecule has 6 aromatic carbocycles. The summed E-state index contributed by atoms with van der Waals surface area (Å²) >= 11 is 0. The van der Waals surface area contributed by atoms with Gasteiger partial charge in [0.25, 0.3) is 0 Å². The molecule has 0 N–H and O–H groups in total. The number of aromatic nitrogens is 6. The Labute approximate surface area is 362 Å². The van der Waals surface area contributed by atoms with Gasteiger partial charge in [0.05, 0.1) is 44.8 Å². The van der Waals surface area contributed by atoms with E-state index in [4.69, 9.17) is 33.5 Å². The van der Waals surface area contributed by atoms with E-state index < -0.39 is 6.85 Å². The van der Waals surface area contributed by atoms with Gasteiger partial charge in [-0.25, -0.2) is 19.9 Å². The van der Waals surface area contributed by atoms with Gasteiger partial charge >= 0.3 is 0 Å². The van der Waals surface area contributed by atoms with Crippen LogP contribution in [0.1, 0.15) is 26.6 Å². The summed E-state index contributed by atoms with van der Waals surface area (Å²) in [6.45, 7) is 3.38. The highest BCUT2D eigenvalue weighted by Gasteiger charge is 2.18. The zero-order valence-corrected chi connectivity index (χ0v) is 34.2. The van der Waals surface area contributed by atoms with Crippen LogP contribution in [0.2, 0.25) is 0 Å². The van der Waals surface area contributed by atoms with Crippen molar-refractivity contribution in [1.82, 2.24) is 29.1 Å². The molecule has 0 aliphatic carbocycles. The number of benzene rings is 6. The summed E-state index contributed by atoms with van der Waals surface area (Å²) in [7, 11) is 0. The van der Waals surface area contributed by atoms with Gasteiger partial charge in [0.2, 0.25) is 0 Å². The second-order valence-corrected chi connectivity index (χ2v) is 15.6. The van der Waals surface area contributed by atoms with E-state index in [9.17, 15) is 0 Å². The van der Waals surface area contributed by atoms with Gasteiger partial charge in [-0.3, -0.25) is 9.13 Å². The molecule has 0 spiro atoms. The Morgan fingerprint density at radius 2 is 0.871 bits per heavy atom. The van der Waals surface area contributed by atoms with Crippen molar-refractivity contribution in [3.63, 3.8) is 0 Å². The van der Waals surface area contributed by atoms with Crippen LogP contribution < -0.4 is 9.47 Å². The lowest BCUT2D eigenvalue weighted by Crippen LogP contribution is -2.00. The summed E-state index contributed by atoms with van der Waals surface area (Å²) in [5, 5.41) is 4.40. The second-order valence-electron chi connectivity index (χ2n) is 15.6. The highest BCUT2D eigenvalue weighted by Crippen LogP contribution is 2.38. The highest BCUT2D eigenvalue weighted by molar-refractivity contribution is 6.10. The van der Waals surface area contributed by atoms with Crippen molar-refractivity contribution in [3.8, 4) is 57.1 Å². The Kier molecular flexibility index (Phi) is 8.08. The first-order valence-corrected chi connectivity index (χ1v) is 20.4. The van der Waals surface area contributed by atoms with E-state index in [1.807, 2.05) is 122 Å². The third-order valence-electron chi connectivity index (χ3n) is 11.3. The molecule has 62 heavy (non-hydrogen) atoms. The number of ether oxygens (including phenoxy) is 2. The van der Waals surface area contributed by atoms with Gasteiger partial charge in [0.1, 0.15) is 34.6 Å². The molecule has 8 nitrogen and oxygen atoms in total. The summed E-state index contributed by atoms with van der Waals surface area (Å²) in [6, 6.07) is 51.6. The smallest absolute Gasteiger partial charge is 0.137 e. The number of nitrogens with zero attached hydrogens (tertiary/aromatic N) is 6. The average Bonchev–Trinajstić information content (AvgIpc) is 3.81. The fourth-order valence-corrected chi connectivity index (χ4v) is 8.49. The first-order valence-electron chi connectivity index (χ1n) is 21.9. The fraction of sp³-hybridized carbons (Fsp3) is 0.0741. The van der Waals surface area contributed by atoms with Crippen molar-refractivity contribution in [3.05, 3.63) is 193 Å². The Morgan fingerprint density at radius 3 is 1.37 bits per heavy atom. The van der Waals surface area contributed by atoms with Crippen LogP contribution in [0.25, 0.3) is 77.8 Å². The first kappa shape index (κ1) is 33.7. The zero-order chi connectivity index (χ0) is 44.4. The molecular formula is C54H40N6O2. The minimum atomic E-state index is -2.57. The minimum absolute atomic E-state index is 0.110. The number of fused-ring (bicyclic) bond motifs is 6. The van der Waals surface area contributed by atoms with Crippen LogP contribution in [-0.2, 0) is 0 Å². The molecule has 5 aromatic heterocycles. The quantitative estimate of drug-likeness (QED) is 0.152. The Hall–Kier alpha value is -8.10. The van der Waals surface area contributed by atoms with Gasteiger partial charge in [-0.2, -0.15) is 0 Å². The van der Waals surface area contributed by atoms with E-state index in [0.717, 1.165) is 66.4 Å². The van der Waals surface area contributed by atoms with Crippen LogP contribution >= 0.6 is 0 Å². The third-order valence-corrected chi connectivity index (χ3v) is 11.3. The largest absolute Gasteiger partial charge is 0.457 e. The summed E-state index contributed by atoms with van der Waals surface area (Å²) in [4.78, 5) is 19.2. The average molecular weight is 808 g/mol. The third kappa shape index (κ3) is 6.49. The minimum Gasteiger partial charge on any atom is -0.457 e.